The van der Waals surface area contributed by atoms with E-state index in [1.54, 1.807) is 6.07 Å². The zero-order valence-electron chi connectivity index (χ0n) is 13.1. The van der Waals surface area contributed by atoms with Crippen molar-refractivity contribution >= 4 is 0 Å². The van der Waals surface area contributed by atoms with Gasteiger partial charge in [-0.05, 0) is 25.3 Å². The summed E-state index contributed by atoms with van der Waals surface area (Å²) in [6.45, 7) is 6.29. The van der Waals surface area contributed by atoms with E-state index in [1.807, 2.05) is 22.9 Å². The maximum absolute atomic E-state index is 11.9. The highest BCUT2D eigenvalue weighted by Gasteiger charge is 2.42. The molecular formula is C17H27N3O. The minimum Gasteiger partial charge on any atom is -0.314 e. The van der Waals surface area contributed by atoms with Crippen LogP contribution >= 0.6 is 0 Å². The van der Waals surface area contributed by atoms with Gasteiger partial charge in [-0.1, -0.05) is 25.8 Å². The molecule has 1 atom stereocenters. The maximum Gasteiger partial charge on any atom is 0.250 e. The zero-order valence-corrected chi connectivity index (χ0v) is 13.1. The van der Waals surface area contributed by atoms with E-state index >= 15 is 0 Å². The highest BCUT2D eigenvalue weighted by atomic mass is 16.1. The molecule has 1 aliphatic heterocycles. The molecule has 0 aromatic carbocycles. The van der Waals surface area contributed by atoms with Crippen LogP contribution in [0.2, 0.25) is 0 Å². The minimum atomic E-state index is 0.111. The van der Waals surface area contributed by atoms with E-state index in [0.717, 1.165) is 26.2 Å². The van der Waals surface area contributed by atoms with Crippen molar-refractivity contribution in [3.8, 4) is 0 Å². The average molecular weight is 289 g/mol. The summed E-state index contributed by atoms with van der Waals surface area (Å²) < 4.78 is 1.84. The molecule has 4 heteroatoms. The molecule has 21 heavy (non-hydrogen) atoms. The second-order valence-corrected chi connectivity index (χ2v) is 6.60. The van der Waals surface area contributed by atoms with E-state index in [0.29, 0.717) is 11.6 Å². The Kier molecular flexibility index (Phi) is 4.45. The lowest BCUT2D eigenvalue weighted by atomic mass is 9.90. The first-order valence-electron chi connectivity index (χ1n) is 8.37. The molecule has 3 rings (SSSR count). The number of nitrogens with one attached hydrogen (secondary N) is 1. The van der Waals surface area contributed by atoms with Gasteiger partial charge in [0.25, 0.3) is 5.56 Å². The molecule has 4 nitrogen and oxygen atoms in total. The van der Waals surface area contributed by atoms with Crippen LogP contribution in [0.25, 0.3) is 0 Å². The molecule has 1 aromatic rings. The Bertz CT molecular complexity index is 519. The Morgan fingerprint density at radius 3 is 2.81 bits per heavy atom. The van der Waals surface area contributed by atoms with Gasteiger partial charge in [0, 0.05) is 50.0 Å². The molecule has 1 N–H and O–H groups in total. The van der Waals surface area contributed by atoms with Gasteiger partial charge in [0.05, 0.1) is 0 Å². The number of rotatable bonds is 4. The Balaban J connectivity index is 1.70. The van der Waals surface area contributed by atoms with E-state index < -0.39 is 0 Å². The van der Waals surface area contributed by atoms with Crippen LogP contribution in [0, 0.1) is 0 Å². The van der Waals surface area contributed by atoms with Crippen molar-refractivity contribution in [3.63, 3.8) is 0 Å². The number of piperazine rings is 1. The summed E-state index contributed by atoms with van der Waals surface area (Å²) >= 11 is 0. The molecule has 1 spiro atoms. The Morgan fingerprint density at radius 2 is 2.10 bits per heavy atom. The third-order valence-electron chi connectivity index (χ3n) is 5.37. The van der Waals surface area contributed by atoms with Crippen molar-refractivity contribution < 1.29 is 0 Å². The van der Waals surface area contributed by atoms with E-state index in [2.05, 4.69) is 17.1 Å². The second-order valence-electron chi connectivity index (χ2n) is 6.60. The molecule has 2 aliphatic rings. The number of hydrogen-bond acceptors (Lipinski definition) is 3. The van der Waals surface area contributed by atoms with Crippen molar-refractivity contribution in [1.82, 2.24) is 14.8 Å². The van der Waals surface area contributed by atoms with Crippen molar-refractivity contribution in [3.05, 3.63) is 34.7 Å². The minimum absolute atomic E-state index is 0.111. The van der Waals surface area contributed by atoms with Gasteiger partial charge in [-0.25, -0.2) is 0 Å². The number of hydrogen-bond donors (Lipinski definition) is 1. The van der Waals surface area contributed by atoms with Crippen LogP contribution in [0.15, 0.2) is 29.2 Å². The van der Waals surface area contributed by atoms with Crippen molar-refractivity contribution in [1.29, 1.82) is 0 Å². The summed E-state index contributed by atoms with van der Waals surface area (Å²) in [4.78, 5) is 14.5. The molecule has 1 saturated carbocycles. The summed E-state index contributed by atoms with van der Waals surface area (Å²) in [5, 5.41) is 3.73. The molecule has 1 aliphatic carbocycles. The molecule has 1 aromatic heterocycles. The Morgan fingerprint density at radius 1 is 1.29 bits per heavy atom. The lowest BCUT2D eigenvalue weighted by molar-refractivity contribution is 0.0389. The molecule has 1 unspecified atom stereocenters. The van der Waals surface area contributed by atoms with E-state index in [-0.39, 0.29) is 5.56 Å². The van der Waals surface area contributed by atoms with Gasteiger partial charge in [-0.15, -0.1) is 0 Å². The molecule has 0 amide bonds. The van der Waals surface area contributed by atoms with Gasteiger partial charge in [0.1, 0.15) is 0 Å². The topological polar surface area (TPSA) is 37.3 Å². The van der Waals surface area contributed by atoms with Crippen LogP contribution in [-0.4, -0.2) is 40.7 Å². The van der Waals surface area contributed by atoms with Crippen LogP contribution in [0.3, 0.4) is 0 Å². The largest absolute Gasteiger partial charge is 0.314 e. The summed E-state index contributed by atoms with van der Waals surface area (Å²) in [7, 11) is 0. The lowest BCUT2D eigenvalue weighted by Gasteiger charge is -2.48. The molecule has 1 saturated heterocycles. The Hall–Kier alpha value is -1.13. The van der Waals surface area contributed by atoms with Gasteiger partial charge >= 0.3 is 0 Å². The summed E-state index contributed by atoms with van der Waals surface area (Å²) in [6.07, 6.45) is 8.39. The smallest absolute Gasteiger partial charge is 0.250 e. The van der Waals surface area contributed by atoms with Gasteiger partial charge in [0.2, 0.25) is 0 Å². The third kappa shape index (κ3) is 3.06. The number of pyridine rings is 1. The molecule has 0 radical (unpaired) electrons. The van der Waals surface area contributed by atoms with Crippen molar-refractivity contribution in [2.24, 2.45) is 0 Å². The van der Waals surface area contributed by atoms with Gasteiger partial charge < -0.3 is 9.88 Å². The van der Waals surface area contributed by atoms with Crippen LogP contribution in [0.5, 0.6) is 0 Å². The quantitative estimate of drug-likeness (QED) is 0.919. The predicted octanol–water partition coefficient (Wildman–Crippen LogP) is 1.84. The third-order valence-corrected chi connectivity index (χ3v) is 5.37. The highest BCUT2D eigenvalue weighted by Crippen LogP contribution is 2.36. The fourth-order valence-electron chi connectivity index (χ4n) is 3.97. The van der Waals surface area contributed by atoms with Crippen molar-refractivity contribution in [2.45, 2.75) is 57.2 Å². The van der Waals surface area contributed by atoms with E-state index in [1.165, 1.54) is 32.1 Å². The summed E-state index contributed by atoms with van der Waals surface area (Å²) in [6, 6.07) is 6.01. The fourth-order valence-corrected chi connectivity index (χ4v) is 3.97. The molecular weight excluding hydrogens is 262 g/mol. The molecule has 0 bridgehead atoms. The standard InChI is InChI=1S/C17H27N3O/c1-2-15-13-20(17(14-18-15)8-4-5-9-17)12-11-19-10-6-3-7-16(19)21/h3,6-7,10,15,18H,2,4-5,8-9,11-14H2,1H3. The van der Waals surface area contributed by atoms with Gasteiger partial charge in [-0.3, -0.25) is 9.69 Å². The molecule has 2 heterocycles. The first-order valence-corrected chi connectivity index (χ1v) is 8.37. The van der Waals surface area contributed by atoms with E-state index in [9.17, 15) is 4.79 Å². The highest BCUT2D eigenvalue weighted by molar-refractivity contribution is 5.02. The first kappa shape index (κ1) is 14.8. The van der Waals surface area contributed by atoms with Crippen LogP contribution in [0.4, 0.5) is 0 Å². The maximum atomic E-state index is 11.9. The summed E-state index contributed by atoms with van der Waals surface area (Å²) in [5.41, 5.74) is 0.462. The molecule has 116 valence electrons. The number of aromatic nitrogens is 1. The van der Waals surface area contributed by atoms with E-state index in [4.69, 9.17) is 0 Å². The van der Waals surface area contributed by atoms with Crippen LogP contribution in [0.1, 0.15) is 39.0 Å². The zero-order chi connectivity index (χ0) is 14.7. The lowest BCUT2D eigenvalue weighted by Crippen LogP contribution is -2.63. The summed E-state index contributed by atoms with van der Waals surface area (Å²) in [5.74, 6) is 0. The predicted molar refractivity (Wildman–Crippen MR) is 85.6 cm³/mol. The van der Waals surface area contributed by atoms with Gasteiger partial charge in [-0.2, -0.15) is 0 Å². The fraction of sp³-hybridized carbons (Fsp3) is 0.706. The number of nitrogens with zero attached hydrogens (tertiary/aromatic N) is 2. The molecule has 2 fully saturated rings. The Labute approximate surface area is 127 Å². The first-order chi connectivity index (χ1) is 10.2. The van der Waals surface area contributed by atoms with Gasteiger partial charge in [0.15, 0.2) is 0 Å². The average Bonchev–Trinajstić information content (AvgIpc) is 2.97. The SMILES string of the molecule is CCC1CN(CCn2ccccc2=O)C2(CCCC2)CN1. The van der Waals surface area contributed by atoms with Crippen molar-refractivity contribution in [2.75, 3.05) is 19.6 Å². The monoisotopic (exact) mass is 289 g/mol. The second kappa shape index (κ2) is 6.32. The normalized spacial score (nSPS) is 25.5. The van der Waals surface area contributed by atoms with Crippen LogP contribution in [-0.2, 0) is 6.54 Å². The van der Waals surface area contributed by atoms with Crippen LogP contribution < -0.4 is 10.9 Å².